The normalized spacial score (nSPS) is 12.7. The van der Waals surface area contributed by atoms with Gasteiger partial charge in [-0.1, -0.05) is 59.9 Å². The molecule has 0 aliphatic carbocycles. The molecule has 7 heteroatoms. The molecule has 0 spiro atoms. The highest BCUT2D eigenvalue weighted by Gasteiger charge is 2.26. The Hall–Kier alpha value is -5.92. The third-order valence-electron chi connectivity index (χ3n) is 8.03. The molecule has 0 radical (unpaired) electrons. The topological polar surface area (TPSA) is 50.7 Å². The SMILES string of the molecule is c1ccc2c(c1)Oc1ccccc1N2c1ccc(-c2nnc(-c3ccc(N4c5ccccc5Oc5ccccc54)cc3)s2)cc1. The Bertz CT molecular complexity index is 1950. The monoisotopic (exact) mass is 600 g/mol. The van der Waals surface area contributed by atoms with Gasteiger partial charge in [0.25, 0.3) is 0 Å². The van der Waals surface area contributed by atoms with Crippen LogP contribution in [-0.4, -0.2) is 10.2 Å². The van der Waals surface area contributed by atoms with Crippen LogP contribution in [0.4, 0.5) is 34.1 Å². The molecule has 45 heavy (non-hydrogen) atoms. The van der Waals surface area contributed by atoms with Crippen LogP contribution in [0.2, 0.25) is 0 Å². The van der Waals surface area contributed by atoms with Crippen molar-refractivity contribution in [3.05, 3.63) is 146 Å². The summed E-state index contributed by atoms with van der Waals surface area (Å²) in [5.74, 6) is 3.34. The van der Waals surface area contributed by atoms with Gasteiger partial charge in [-0.3, -0.25) is 0 Å². The van der Waals surface area contributed by atoms with Crippen molar-refractivity contribution >= 4 is 45.5 Å². The lowest BCUT2D eigenvalue weighted by atomic mass is 10.1. The smallest absolute Gasteiger partial charge is 0.151 e. The minimum absolute atomic E-state index is 0.835. The van der Waals surface area contributed by atoms with Crippen molar-refractivity contribution in [2.45, 2.75) is 0 Å². The van der Waals surface area contributed by atoms with E-state index >= 15 is 0 Å². The Morgan fingerprint density at radius 1 is 0.378 bits per heavy atom. The summed E-state index contributed by atoms with van der Waals surface area (Å²) in [6, 6.07) is 49.4. The number of benzene rings is 6. The fourth-order valence-corrected chi connectivity index (χ4v) is 6.78. The maximum Gasteiger partial charge on any atom is 0.151 e. The van der Waals surface area contributed by atoms with E-state index < -0.39 is 0 Å². The number of nitrogens with zero attached hydrogens (tertiary/aromatic N) is 4. The highest BCUT2D eigenvalue weighted by atomic mass is 32.1. The van der Waals surface area contributed by atoms with Crippen LogP contribution in [-0.2, 0) is 0 Å². The van der Waals surface area contributed by atoms with Gasteiger partial charge < -0.3 is 19.3 Å². The molecule has 7 aromatic rings. The van der Waals surface area contributed by atoms with E-state index in [0.29, 0.717) is 0 Å². The van der Waals surface area contributed by atoms with Crippen LogP contribution in [0.1, 0.15) is 0 Å². The molecule has 0 atom stereocenters. The van der Waals surface area contributed by atoms with Gasteiger partial charge in [-0.25, -0.2) is 0 Å². The third kappa shape index (κ3) is 4.32. The van der Waals surface area contributed by atoms with Gasteiger partial charge in [-0.2, -0.15) is 0 Å². The van der Waals surface area contributed by atoms with Gasteiger partial charge in [0, 0.05) is 22.5 Å². The van der Waals surface area contributed by atoms with E-state index in [4.69, 9.17) is 9.47 Å². The fraction of sp³-hybridized carbons (Fsp3) is 0. The molecule has 0 bridgehead atoms. The first-order valence-corrected chi connectivity index (χ1v) is 15.5. The lowest BCUT2D eigenvalue weighted by Gasteiger charge is -2.32. The zero-order chi connectivity index (χ0) is 29.7. The molecule has 3 heterocycles. The highest BCUT2D eigenvalue weighted by molar-refractivity contribution is 7.17. The summed E-state index contributed by atoms with van der Waals surface area (Å²) in [4.78, 5) is 4.46. The van der Waals surface area contributed by atoms with Gasteiger partial charge in [0.2, 0.25) is 0 Å². The average Bonchev–Trinajstić information content (AvgIpc) is 3.60. The Labute approximate surface area is 264 Å². The first-order chi connectivity index (χ1) is 22.3. The van der Waals surface area contributed by atoms with Gasteiger partial charge in [0.05, 0.1) is 22.7 Å². The number of anilines is 6. The predicted octanol–water partition coefficient (Wildman–Crippen LogP) is 11.0. The molecule has 0 unspecified atom stereocenters. The Balaban J connectivity index is 1.00. The summed E-state index contributed by atoms with van der Waals surface area (Å²) in [5, 5.41) is 10.9. The lowest BCUT2D eigenvalue weighted by Crippen LogP contribution is -2.15. The number of hydrogen-bond acceptors (Lipinski definition) is 7. The quantitative estimate of drug-likeness (QED) is 0.200. The number of rotatable bonds is 4. The Morgan fingerprint density at radius 2 is 0.689 bits per heavy atom. The van der Waals surface area contributed by atoms with E-state index in [1.165, 1.54) is 0 Å². The summed E-state index contributed by atoms with van der Waals surface area (Å²) in [5.41, 5.74) is 8.18. The minimum Gasteiger partial charge on any atom is -0.453 e. The molecule has 1 aromatic heterocycles. The van der Waals surface area contributed by atoms with Gasteiger partial charge >= 0.3 is 0 Å². The molecule has 214 valence electrons. The molecule has 0 fully saturated rings. The van der Waals surface area contributed by atoms with Crippen LogP contribution in [0.15, 0.2) is 146 Å². The molecule has 0 saturated carbocycles. The van der Waals surface area contributed by atoms with Crippen LogP contribution in [0, 0.1) is 0 Å². The summed E-state index contributed by atoms with van der Waals surface area (Å²) in [7, 11) is 0. The Morgan fingerprint density at radius 3 is 1.02 bits per heavy atom. The van der Waals surface area contributed by atoms with Gasteiger partial charge in [0.15, 0.2) is 23.0 Å². The summed E-state index contributed by atoms with van der Waals surface area (Å²) >= 11 is 1.59. The third-order valence-corrected chi connectivity index (χ3v) is 9.06. The molecule has 9 rings (SSSR count). The van der Waals surface area contributed by atoms with Crippen LogP contribution in [0.5, 0.6) is 23.0 Å². The van der Waals surface area contributed by atoms with Gasteiger partial charge in [-0.05, 0) is 97.1 Å². The van der Waals surface area contributed by atoms with Crippen LogP contribution in [0.3, 0.4) is 0 Å². The molecular formula is C38H24N4O2S. The first-order valence-electron chi connectivity index (χ1n) is 14.7. The van der Waals surface area contributed by atoms with Crippen molar-refractivity contribution in [3.8, 4) is 44.1 Å². The minimum atomic E-state index is 0.835. The summed E-state index contributed by atoms with van der Waals surface area (Å²) in [6.45, 7) is 0. The van der Waals surface area contributed by atoms with Gasteiger partial charge in [-0.15, -0.1) is 10.2 Å². The number of fused-ring (bicyclic) bond motifs is 4. The van der Waals surface area contributed by atoms with E-state index in [-0.39, 0.29) is 0 Å². The zero-order valence-corrected chi connectivity index (χ0v) is 24.7. The maximum atomic E-state index is 6.17. The molecule has 0 N–H and O–H groups in total. The number of para-hydroxylation sites is 8. The summed E-state index contributed by atoms with van der Waals surface area (Å²) in [6.07, 6.45) is 0. The molecule has 0 saturated heterocycles. The largest absolute Gasteiger partial charge is 0.453 e. The number of hydrogen-bond donors (Lipinski definition) is 0. The Kier molecular flexibility index (Phi) is 5.89. The molecule has 2 aliphatic rings. The molecule has 6 aromatic carbocycles. The standard InChI is InChI=1S/C38H24N4O2S/c1-5-13-33-29(9-1)41(30-10-2-6-14-34(30)43-33)27-21-17-25(18-22-27)37-39-40-38(45-37)26-19-23-28(24-20-26)42-31-11-3-7-15-35(31)44-36-16-8-4-12-32(36)42/h1-24H. The first kappa shape index (κ1) is 25.6. The van der Waals surface area contributed by atoms with E-state index in [9.17, 15) is 0 Å². The summed E-state index contributed by atoms with van der Waals surface area (Å²) < 4.78 is 12.3. The van der Waals surface area contributed by atoms with Gasteiger partial charge in [0.1, 0.15) is 10.0 Å². The number of ether oxygens (including phenoxy) is 2. The second-order valence-electron chi connectivity index (χ2n) is 10.8. The lowest BCUT2D eigenvalue weighted by molar-refractivity contribution is 0.477. The fourth-order valence-electron chi connectivity index (χ4n) is 5.93. The molecular weight excluding hydrogens is 577 g/mol. The second-order valence-corrected chi connectivity index (χ2v) is 11.7. The van der Waals surface area contributed by atoms with Crippen molar-refractivity contribution < 1.29 is 9.47 Å². The number of aromatic nitrogens is 2. The highest BCUT2D eigenvalue weighted by Crippen LogP contribution is 2.51. The van der Waals surface area contributed by atoms with E-state index in [0.717, 1.165) is 78.3 Å². The van der Waals surface area contributed by atoms with Crippen molar-refractivity contribution in [2.24, 2.45) is 0 Å². The van der Waals surface area contributed by atoms with E-state index in [1.807, 2.05) is 72.8 Å². The zero-order valence-electron chi connectivity index (χ0n) is 23.9. The van der Waals surface area contributed by atoms with Crippen molar-refractivity contribution in [1.29, 1.82) is 0 Å². The van der Waals surface area contributed by atoms with Crippen LogP contribution in [0.25, 0.3) is 21.1 Å². The average molecular weight is 601 g/mol. The second kappa shape index (κ2) is 10.4. The van der Waals surface area contributed by atoms with Crippen molar-refractivity contribution in [1.82, 2.24) is 10.2 Å². The van der Waals surface area contributed by atoms with E-state index in [2.05, 4.69) is 92.8 Å². The van der Waals surface area contributed by atoms with Crippen LogP contribution >= 0.6 is 11.3 Å². The van der Waals surface area contributed by atoms with Crippen molar-refractivity contribution in [3.63, 3.8) is 0 Å². The molecule has 2 aliphatic heterocycles. The van der Waals surface area contributed by atoms with Crippen LogP contribution < -0.4 is 19.3 Å². The predicted molar refractivity (Wildman–Crippen MR) is 180 cm³/mol. The maximum absolute atomic E-state index is 6.17. The van der Waals surface area contributed by atoms with E-state index in [1.54, 1.807) is 11.3 Å². The molecule has 6 nitrogen and oxygen atoms in total. The molecule has 0 amide bonds. The van der Waals surface area contributed by atoms with Crippen molar-refractivity contribution in [2.75, 3.05) is 9.80 Å².